The molecule has 4 aromatic carbocycles. The highest BCUT2D eigenvalue weighted by Gasteiger charge is 2.15. The molecule has 5 rings (SSSR count). The minimum Gasteiger partial charge on any atom is -0.506 e. The summed E-state index contributed by atoms with van der Waals surface area (Å²) in [6, 6.07) is 28.1. The maximum atomic E-state index is 13.0. The van der Waals surface area contributed by atoms with Gasteiger partial charge >= 0.3 is 0 Å². The van der Waals surface area contributed by atoms with Gasteiger partial charge in [0.05, 0.1) is 22.0 Å². The summed E-state index contributed by atoms with van der Waals surface area (Å²) < 4.78 is 25.2. The Labute approximate surface area is 253 Å². The summed E-state index contributed by atoms with van der Waals surface area (Å²) >= 11 is 7.40. The third-order valence-corrected chi connectivity index (χ3v) is 9.40. The molecule has 42 heavy (non-hydrogen) atoms. The van der Waals surface area contributed by atoms with E-state index < -0.39 is 9.84 Å². The lowest BCUT2D eigenvalue weighted by molar-refractivity contribution is 0.102. The van der Waals surface area contributed by atoms with Crippen LogP contribution in [0, 0.1) is 0 Å². The molecule has 0 aliphatic heterocycles. The topological polar surface area (TPSA) is 96.4 Å². The van der Waals surface area contributed by atoms with Gasteiger partial charge in [0.1, 0.15) is 10.8 Å². The van der Waals surface area contributed by atoms with E-state index in [4.69, 9.17) is 11.6 Å². The minimum atomic E-state index is -3.45. The van der Waals surface area contributed by atoms with Gasteiger partial charge in [0.25, 0.3) is 5.91 Å². The second-order valence-electron chi connectivity index (χ2n) is 9.58. The van der Waals surface area contributed by atoms with Crippen molar-refractivity contribution < 1.29 is 18.3 Å². The van der Waals surface area contributed by atoms with E-state index in [0.29, 0.717) is 23.4 Å². The molecule has 212 valence electrons. The highest BCUT2D eigenvalue weighted by Crippen LogP contribution is 2.27. The number of hydrogen-bond donors (Lipinski definition) is 2. The van der Waals surface area contributed by atoms with Crippen molar-refractivity contribution in [2.24, 2.45) is 0 Å². The van der Waals surface area contributed by atoms with Crippen LogP contribution in [-0.2, 0) is 16.3 Å². The summed E-state index contributed by atoms with van der Waals surface area (Å²) in [5.41, 5.74) is 4.29. The Morgan fingerprint density at radius 1 is 0.929 bits per heavy atom. The Bertz CT molecular complexity index is 1830. The normalized spacial score (nSPS) is 11.5. The summed E-state index contributed by atoms with van der Waals surface area (Å²) in [7, 11) is -3.45. The van der Waals surface area contributed by atoms with Crippen LogP contribution in [0.1, 0.15) is 32.9 Å². The van der Waals surface area contributed by atoms with E-state index in [2.05, 4.69) is 10.3 Å². The molecule has 0 radical (unpaired) electrons. The molecule has 2 N–H and O–H groups in total. The van der Waals surface area contributed by atoms with E-state index in [1.165, 1.54) is 18.2 Å². The first-order chi connectivity index (χ1) is 20.3. The van der Waals surface area contributed by atoms with Gasteiger partial charge in [-0.1, -0.05) is 66.2 Å². The summed E-state index contributed by atoms with van der Waals surface area (Å²) in [5.74, 6) is -0.481. The van der Waals surface area contributed by atoms with Gasteiger partial charge in [-0.2, -0.15) is 0 Å². The molecule has 0 atom stereocenters. The number of thiazole rings is 1. The Hall–Kier alpha value is -4.24. The number of amides is 1. The van der Waals surface area contributed by atoms with Gasteiger partial charge in [-0.25, -0.2) is 13.4 Å². The number of sulfone groups is 1. The van der Waals surface area contributed by atoms with Gasteiger partial charge in [-0.15, -0.1) is 11.3 Å². The number of carbonyl (C=O) groups excluding carboxylic acids is 1. The number of carbonyl (C=O) groups is 1. The van der Waals surface area contributed by atoms with Crippen molar-refractivity contribution in [3.8, 4) is 17.0 Å². The lowest BCUT2D eigenvalue weighted by atomic mass is 10.1. The van der Waals surface area contributed by atoms with Crippen molar-refractivity contribution in [1.29, 1.82) is 0 Å². The number of phenols is 1. The number of nitrogens with one attached hydrogen (secondary N) is 1. The number of phenolic OH excluding ortho intramolecular Hbond substituents is 1. The Balaban J connectivity index is 1.21. The molecule has 0 fully saturated rings. The smallest absolute Gasteiger partial charge is 0.255 e. The van der Waals surface area contributed by atoms with Crippen molar-refractivity contribution in [2.75, 3.05) is 11.1 Å². The van der Waals surface area contributed by atoms with Gasteiger partial charge in [0, 0.05) is 21.5 Å². The molecule has 1 amide bonds. The Kier molecular flexibility index (Phi) is 9.17. The number of aromatic nitrogens is 1. The molecule has 0 saturated heterocycles. The first-order valence-electron chi connectivity index (χ1n) is 13.2. The molecule has 0 spiro atoms. The van der Waals surface area contributed by atoms with E-state index in [0.717, 1.165) is 27.4 Å². The number of aromatic hydroxyl groups is 1. The number of nitrogens with zero attached hydrogens (tertiary/aromatic N) is 1. The second-order valence-corrected chi connectivity index (χ2v) is 13.0. The highest BCUT2D eigenvalue weighted by molar-refractivity contribution is 7.91. The molecule has 0 saturated carbocycles. The Morgan fingerprint density at radius 2 is 1.71 bits per heavy atom. The van der Waals surface area contributed by atoms with Gasteiger partial charge in [0.2, 0.25) is 0 Å². The fourth-order valence-electron chi connectivity index (χ4n) is 4.32. The van der Waals surface area contributed by atoms with Crippen molar-refractivity contribution in [1.82, 2.24) is 4.98 Å². The highest BCUT2D eigenvalue weighted by atomic mass is 35.5. The van der Waals surface area contributed by atoms with Crippen LogP contribution >= 0.6 is 22.9 Å². The molecule has 1 heterocycles. The fourth-order valence-corrected chi connectivity index (χ4v) is 6.47. The van der Waals surface area contributed by atoms with Crippen LogP contribution in [0.3, 0.4) is 0 Å². The number of benzene rings is 4. The van der Waals surface area contributed by atoms with Crippen LogP contribution in [0.4, 0.5) is 5.69 Å². The molecular weight excluding hydrogens is 588 g/mol. The predicted octanol–water partition coefficient (Wildman–Crippen LogP) is 8.00. The first kappa shape index (κ1) is 29.3. The molecule has 5 aromatic rings. The largest absolute Gasteiger partial charge is 0.506 e. The summed E-state index contributed by atoms with van der Waals surface area (Å²) in [4.78, 5) is 17.9. The van der Waals surface area contributed by atoms with Crippen molar-refractivity contribution in [3.63, 3.8) is 0 Å². The lowest BCUT2D eigenvalue weighted by Crippen LogP contribution is -2.12. The molecule has 0 aliphatic rings. The van der Waals surface area contributed by atoms with E-state index in [9.17, 15) is 18.3 Å². The molecule has 0 aliphatic carbocycles. The van der Waals surface area contributed by atoms with Crippen molar-refractivity contribution in [3.05, 3.63) is 129 Å². The van der Waals surface area contributed by atoms with Gasteiger partial charge in [0.15, 0.2) is 9.84 Å². The van der Waals surface area contributed by atoms with Crippen LogP contribution in [0.15, 0.2) is 107 Å². The summed E-state index contributed by atoms with van der Waals surface area (Å²) in [5, 5.41) is 16.5. The quantitative estimate of drug-likeness (QED) is 0.155. The SMILES string of the molecule is O=C(Nc1cc(CCCS(=O)(=O)c2ccc(Cl)cc2)ccc1O)c1cccc(/C=C/c2nc(-c3ccccc3)cs2)c1. The number of halogens is 1. The number of anilines is 1. The molecular formula is C33H27ClN2O4S2. The standard InChI is InChI=1S/C33H27ClN2O4S2/c34-27-13-15-28(16-14-27)42(39,40)19-5-7-24-11-17-31(37)29(21-24)36-33(38)26-10-4-6-23(20-26)12-18-32-35-30(22-41-32)25-8-2-1-3-9-25/h1-4,6,8-18,20-22,37H,5,7,19H2,(H,36,38)/b18-12+. The van der Waals surface area contributed by atoms with Crippen LogP contribution in [0.5, 0.6) is 5.75 Å². The third-order valence-electron chi connectivity index (χ3n) is 6.52. The van der Waals surface area contributed by atoms with Crippen molar-refractivity contribution >= 4 is 56.5 Å². The fraction of sp³-hybridized carbons (Fsp3) is 0.0909. The second kappa shape index (κ2) is 13.2. The molecule has 1 aromatic heterocycles. The van der Waals surface area contributed by atoms with E-state index in [-0.39, 0.29) is 28.0 Å². The third kappa shape index (κ3) is 7.53. The first-order valence-corrected chi connectivity index (χ1v) is 16.1. The minimum absolute atomic E-state index is 0.0356. The van der Waals surface area contributed by atoms with Gasteiger partial charge in [-0.3, -0.25) is 4.79 Å². The van der Waals surface area contributed by atoms with Crippen LogP contribution < -0.4 is 5.32 Å². The van der Waals surface area contributed by atoms with Gasteiger partial charge < -0.3 is 10.4 Å². The zero-order chi connectivity index (χ0) is 29.5. The van der Waals surface area contributed by atoms with Crippen LogP contribution in [0.25, 0.3) is 23.4 Å². The zero-order valence-corrected chi connectivity index (χ0v) is 24.8. The van der Waals surface area contributed by atoms with Crippen LogP contribution in [0.2, 0.25) is 5.02 Å². The van der Waals surface area contributed by atoms with E-state index >= 15 is 0 Å². The zero-order valence-electron chi connectivity index (χ0n) is 22.4. The summed E-state index contributed by atoms with van der Waals surface area (Å²) in [6.45, 7) is 0. The molecule has 0 unspecified atom stereocenters. The molecule has 9 heteroatoms. The molecule has 6 nitrogen and oxygen atoms in total. The van der Waals surface area contributed by atoms with E-state index in [1.54, 1.807) is 53.8 Å². The summed E-state index contributed by atoms with van der Waals surface area (Å²) in [6.07, 6.45) is 4.65. The maximum Gasteiger partial charge on any atom is 0.255 e. The lowest BCUT2D eigenvalue weighted by Gasteiger charge is -2.11. The average Bonchev–Trinajstić information content (AvgIpc) is 3.48. The Morgan fingerprint density at radius 3 is 2.50 bits per heavy atom. The number of hydrogen-bond acceptors (Lipinski definition) is 6. The number of rotatable bonds is 10. The van der Waals surface area contributed by atoms with E-state index in [1.807, 2.05) is 53.9 Å². The maximum absolute atomic E-state index is 13.0. The number of aryl methyl sites for hydroxylation is 1. The van der Waals surface area contributed by atoms with Crippen LogP contribution in [-0.4, -0.2) is 30.2 Å². The van der Waals surface area contributed by atoms with Gasteiger partial charge in [-0.05, 0) is 78.6 Å². The predicted molar refractivity (Wildman–Crippen MR) is 171 cm³/mol. The molecule has 0 bridgehead atoms. The van der Waals surface area contributed by atoms with Crippen molar-refractivity contribution in [2.45, 2.75) is 17.7 Å². The average molecular weight is 615 g/mol. The monoisotopic (exact) mass is 614 g/mol.